The summed E-state index contributed by atoms with van der Waals surface area (Å²) in [6.07, 6.45) is -4.03. The number of aromatic amines is 1. The van der Waals surface area contributed by atoms with Crippen molar-refractivity contribution in [3.63, 3.8) is 0 Å². The van der Waals surface area contributed by atoms with E-state index in [0.717, 1.165) is 6.07 Å². The van der Waals surface area contributed by atoms with Crippen LogP contribution in [0.15, 0.2) is 18.2 Å². The third kappa shape index (κ3) is 2.56. The van der Waals surface area contributed by atoms with Gasteiger partial charge in [0.15, 0.2) is 0 Å². The zero-order valence-corrected chi connectivity index (χ0v) is 13.7. The number of halogens is 3. The van der Waals surface area contributed by atoms with Gasteiger partial charge in [0.25, 0.3) is 0 Å². The number of carbonyl (C=O) groups is 1. The van der Waals surface area contributed by atoms with Gasteiger partial charge in [0.05, 0.1) is 23.9 Å². The van der Waals surface area contributed by atoms with Crippen molar-refractivity contribution in [2.75, 3.05) is 6.61 Å². The van der Waals surface area contributed by atoms with E-state index in [-0.39, 0.29) is 11.3 Å². The van der Waals surface area contributed by atoms with Gasteiger partial charge in [0.2, 0.25) is 5.91 Å². The highest BCUT2D eigenvalue weighted by Gasteiger charge is 2.43. The summed E-state index contributed by atoms with van der Waals surface area (Å²) in [5.74, 6) is -0.216. The SMILES string of the molecule is CC(=O)NC(C)C1(C)OCCc2c1[nH]c1cccc(C(F)(F)F)c21. The van der Waals surface area contributed by atoms with Crippen molar-refractivity contribution in [2.24, 2.45) is 0 Å². The molecule has 2 atom stereocenters. The lowest BCUT2D eigenvalue weighted by Crippen LogP contribution is -2.50. The number of nitrogens with one attached hydrogen (secondary N) is 2. The van der Waals surface area contributed by atoms with Crippen molar-refractivity contribution < 1.29 is 22.7 Å². The molecule has 2 unspecified atom stereocenters. The van der Waals surface area contributed by atoms with Crippen molar-refractivity contribution in [3.8, 4) is 0 Å². The third-order valence-corrected chi connectivity index (χ3v) is 4.73. The van der Waals surface area contributed by atoms with Gasteiger partial charge >= 0.3 is 6.18 Å². The Balaban J connectivity index is 2.21. The minimum absolute atomic E-state index is 0.199. The minimum atomic E-state index is -4.42. The van der Waals surface area contributed by atoms with Crippen LogP contribution in [0.5, 0.6) is 0 Å². The molecule has 1 amide bonds. The first-order valence-corrected chi connectivity index (χ1v) is 7.77. The highest BCUT2D eigenvalue weighted by Crippen LogP contribution is 2.43. The second-order valence-corrected chi connectivity index (χ2v) is 6.33. The number of alkyl halides is 3. The normalized spacial score (nSPS) is 22.2. The summed E-state index contributed by atoms with van der Waals surface area (Å²) in [6.45, 7) is 5.27. The highest BCUT2D eigenvalue weighted by atomic mass is 19.4. The maximum absolute atomic E-state index is 13.4. The number of amides is 1. The number of H-pyrrole nitrogens is 1. The molecule has 0 spiro atoms. The van der Waals surface area contributed by atoms with Crippen LogP contribution < -0.4 is 5.32 Å². The molecule has 2 N–H and O–H groups in total. The van der Waals surface area contributed by atoms with Crippen LogP contribution in [0.3, 0.4) is 0 Å². The van der Waals surface area contributed by atoms with E-state index in [1.165, 1.54) is 13.0 Å². The maximum atomic E-state index is 13.4. The average molecular weight is 340 g/mol. The number of hydrogen-bond donors (Lipinski definition) is 2. The van der Waals surface area contributed by atoms with E-state index in [2.05, 4.69) is 10.3 Å². The molecule has 4 nitrogen and oxygen atoms in total. The van der Waals surface area contributed by atoms with Gasteiger partial charge in [-0.1, -0.05) is 6.07 Å². The van der Waals surface area contributed by atoms with E-state index < -0.39 is 23.4 Å². The number of fused-ring (bicyclic) bond motifs is 3. The number of rotatable bonds is 2. The molecule has 2 heterocycles. The van der Waals surface area contributed by atoms with Crippen molar-refractivity contribution in [2.45, 2.75) is 45.0 Å². The molecule has 2 aromatic rings. The summed E-state index contributed by atoms with van der Waals surface area (Å²) in [6, 6.07) is 3.73. The second-order valence-electron chi connectivity index (χ2n) is 6.33. The Morgan fingerprint density at radius 2 is 2.12 bits per heavy atom. The van der Waals surface area contributed by atoms with E-state index in [0.29, 0.717) is 29.8 Å². The largest absolute Gasteiger partial charge is 0.417 e. The van der Waals surface area contributed by atoms with Gasteiger partial charge in [-0.25, -0.2) is 0 Å². The van der Waals surface area contributed by atoms with Gasteiger partial charge in [-0.05, 0) is 38.0 Å². The molecule has 0 fully saturated rings. The predicted octanol–water partition coefficient (Wildman–Crippen LogP) is 3.50. The van der Waals surface area contributed by atoms with Crippen LogP contribution in [-0.2, 0) is 27.7 Å². The first-order valence-electron chi connectivity index (χ1n) is 7.77. The molecule has 1 aromatic carbocycles. The minimum Gasteiger partial charge on any atom is -0.367 e. The number of carbonyl (C=O) groups excluding carboxylic acids is 1. The van der Waals surface area contributed by atoms with Gasteiger partial charge in [0.1, 0.15) is 5.60 Å². The highest BCUT2D eigenvalue weighted by molar-refractivity contribution is 5.89. The van der Waals surface area contributed by atoms with Crippen LogP contribution in [0.2, 0.25) is 0 Å². The Morgan fingerprint density at radius 1 is 1.42 bits per heavy atom. The lowest BCUT2D eigenvalue weighted by atomic mass is 9.86. The summed E-state index contributed by atoms with van der Waals surface area (Å²) >= 11 is 0. The zero-order chi connectivity index (χ0) is 17.7. The Labute approximate surface area is 137 Å². The van der Waals surface area contributed by atoms with Gasteiger partial charge < -0.3 is 15.0 Å². The molecule has 3 rings (SSSR count). The Morgan fingerprint density at radius 3 is 2.75 bits per heavy atom. The summed E-state index contributed by atoms with van der Waals surface area (Å²) in [5.41, 5.74) is 0.0855. The molecule has 1 aliphatic heterocycles. The molecular formula is C17H19F3N2O2. The first-order chi connectivity index (χ1) is 11.1. The molecule has 0 saturated carbocycles. The Hall–Kier alpha value is -2.02. The molecule has 130 valence electrons. The maximum Gasteiger partial charge on any atom is 0.417 e. The van der Waals surface area contributed by atoms with Crippen LogP contribution in [0.25, 0.3) is 10.9 Å². The smallest absolute Gasteiger partial charge is 0.367 e. The second kappa shape index (κ2) is 5.51. The van der Waals surface area contributed by atoms with Crippen molar-refractivity contribution >= 4 is 16.8 Å². The molecular weight excluding hydrogens is 321 g/mol. The van der Waals surface area contributed by atoms with Crippen LogP contribution in [0.1, 0.15) is 37.6 Å². The topological polar surface area (TPSA) is 54.1 Å². The van der Waals surface area contributed by atoms with Gasteiger partial charge in [-0.2, -0.15) is 13.2 Å². The zero-order valence-electron chi connectivity index (χ0n) is 13.7. The average Bonchev–Trinajstić information content (AvgIpc) is 2.86. The molecule has 0 bridgehead atoms. The number of benzene rings is 1. The summed E-state index contributed by atoms with van der Waals surface area (Å²) in [7, 11) is 0. The Bertz CT molecular complexity index is 797. The first kappa shape index (κ1) is 16.8. The number of aromatic nitrogens is 1. The molecule has 1 aromatic heterocycles. The molecule has 24 heavy (non-hydrogen) atoms. The van der Waals surface area contributed by atoms with Gasteiger partial charge in [-0.15, -0.1) is 0 Å². The quantitative estimate of drug-likeness (QED) is 0.879. The summed E-state index contributed by atoms with van der Waals surface area (Å²) in [5, 5.41) is 2.98. The van der Waals surface area contributed by atoms with Crippen molar-refractivity contribution in [1.29, 1.82) is 0 Å². The fraction of sp³-hybridized carbons (Fsp3) is 0.471. The van der Waals surface area contributed by atoms with Crippen LogP contribution in [-0.4, -0.2) is 23.5 Å². The molecule has 7 heteroatoms. The summed E-state index contributed by atoms with van der Waals surface area (Å²) in [4.78, 5) is 14.5. The lowest BCUT2D eigenvalue weighted by molar-refractivity contribution is -0.136. The van der Waals surface area contributed by atoms with E-state index >= 15 is 0 Å². The molecule has 1 aliphatic rings. The summed E-state index contributed by atoms with van der Waals surface area (Å²) < 4.78 is 46.0. The van der Waals surface area contributed by atoms with E-state index in [1.807, 2.05) is 0 Å². The van der Waals surface area contributed by atoms with Crippen molar-refractivity contribution in [3.05, 3.63) is 35.0 Å². The van der Waals surface area contributed by atoms with Crippen LogP contribution >= 0.6 is 0 Å². The van der Waals surface area contributed by atoms with E-state index in [1.54, 1.807) is 19.9 Å². The van der Waals surface area contributed by atoms with Crippen molar-refractivity contribution in [1.82, 2.24) is 10.3 Å². The number of ether oxygens (including phenoxy) is 1. The molecule has 0 saturated heterocycles. The lowest BCUT2D eigenvalue weighted by Gasteiger charge is -2.39. The Kier molecular flexibility index (Phi) is 3.86. The van der Waals surface area contributed by atoms with Gasteiger partial charge in [-0.3, -0.25) is 4.79 Å². The fourth-order valence-electron chi connectivity index (χ4n) is 3.45. The number of hydrogen-bond acceptors (Lipinski definition) is 2. The van der Waals surface area contributed by atoms with E-state index in [4.69, 9.17) is 4.74 Å². The van der Waals surface area contributed by atoms with Crippen LogP contribution in [0, 0.1) is 0 Å². The predicted molar refractivity (Wildman–Crippen MR) is 83.6 cm³/mol. The molecule has 0 aliphatic carbocycles. The fourth-order valence-corrected chi connectivity index (χ4v) is 3.45. The van der Waals surface area contributed by atoms with E-state index in [9.17, 15) is 18.0 Å². The standard InChI is InChI=1S/C17H19F3N2O2/c1-9(21-10(2)23)16(3)15-11(7-8-24-16)14-12(17(18,19)20)5-4-6-13(14)22-15/h4-6,9,22H,7-8H2,1-3H3,(H,21,23). The molecule has 0 radical (unpaired) electrons. The van der Waals surface area contributed by atoms with Gasteiger partial charge in [0, 0.05) is 17.8 Å². The monoisotopic (exact) mass is 340 g/mol. The van der Waals surface area contributed by atoms with Crippen LogP contribution in [0.4, 0.5) is 13.2 Å². The third-order valence-electron chi connectivity index (χ3n) is 4.73.